The molecule has 12 nitrogen and oxygen atoms in total. The number of benzene rings is 1. The summed E-state index contributed by atoms with van der Waals surface area (Å²) < 4.78 is 18.1. The van der Waals surface area contributed by atoms with Crippen LogP contribution < -0.4 is 15.8 Å². The Hall–Kier alpha value is -4.00. The van der Waals surface area contributed by atoms with Crippen LogP contribution in [-0.2, 0) is 30.9 Å². The Kier molecular flexibility index (Phi) is 12.5. The fourth-order valence-corrected chi connectivity index (χ4v) is 5.89. The second-order valence-corrected chi connectivity index (χ2v) is 12.0. The first-order valence-electron chi connectivity index (χ1n) is 15.5. The summed E-state index contributed by atoms with van der Waals surface area (Å²) in [6, 6.07) is 9.67. The predicted molar refractivity (Wildman–Crippen MR) is 177 cm³/mol. The number of ether oxygens (including phenoxy) is 2. The minimum absolute atomic E-state index is 0.0326. The zero-order chi connectivity index (χ0) is 33.1. The van der Waals surface area contributed by atoms with Gasteiger partial charge in [-0.3, -0.25) is 14.4 Å². The Morgan fingerprint density at radius 1 is 1.22 bits per heavy atom. The third kappa shape index (κ3) is 8.62. The van der Waals surface area contributed by atoms with E-state index in [0.29, 0.717) is 56.4 Å². The predicted octanol–water partition coefficient (Wildman–Crippen LogP) is 4.71. The number of amides is 1. The van der Waals surface area contributed by atoms with E-state index in [9.17, 15) is 9.59 Å². The Morgan fingerprint density at radius 2 is 1.93 bits per heavy atom. The zero-order valence-corrected chi connectivity index (χ0v) is 27.3. The van der Waals surface area contributed by atoms with Crippen molar-refractivity contribution in [3.8, 4) is 0 Å². The van der Waals surface area contributed by atoms with Crippen molar-refractivity contribution < 1.29 is 28.6 Å². The van der Waals surface area contributed by atoms with Crippen molar-refractivity contribution in [2.45, 2.75) is 51.9 Å². The number of hydrogen-bond donors (Lipinski definition) is 3. The van der Waals surface area contributed by atoms with Gasteiger partial charge in [0.15, 0.2) is 11.4 Å². The second-order valence-electron chi connectivity index (χ2n) is 11.6. The van der Waals surface area contributed by atoms with E-state index in [1.165, 1.54) is 13.1 Å². The number of nitrogens with zero attached hydrogens (tertiary/aromatic N) is 3. The van der Waals surface area contributed by atoms with Crippen LogP contribution >= 0.6 is 11.6 Å². The summed E-state index contributed by atoms with van der Waals surface area (Å²) in [6.07, 6.45) is 4.91. The number of rotatable bonds is 14. The molecule has 1 aliphatic rings. The lowest BCUT2D eigenvalue weighted by molar-refractivity contribution is -0.123. The Morgan fingerprint density at radius 3 is 2.67 bits per heavy atom. The lowest BCUT2D eigenvalue weighted by Crippen LogP contribution is -2.41. The summed E-state index contributed by atoms with van der Waals surface area (Å²) in [5.74, 6) is 1.46. The molecule has 46 heavy (non-hydrogen) atoms. The van der Waals surface area contributed by atoms with Gasteiger partial charge < -0.3 is 34.2 Å². The van der Waals surface area contributed by atoms with Crippen LogP contribution in [0.1, 0.15) is 51.4 Å². The van der Waals surface area contributed by atoms with Gasteiger partial charge in [-0.1, -0.05) is 37.6 Å². The van der Waals surface area contributed by atoms with Crippen LogP contribution in [0.5, 0.6) is 0 Å². The van der Waals surface area contributed by atoms with Crippen molar-refractivity contribution >= 4 is 51.9 Å². The van der Waals surface area contributed by atoms with E-state index in [1.54, 1.807) is 6.07 Å². The number of carbonyl (C=O) groups excluding carboxylic acids is 1. The summed E-state index contributed by atoms with van der Waals surface area (Å²) in [7, 11) is 0. The number of para-hydroxylation sites is 1. The lowest BCUT2D eigenvalue weighted by Gasteiger charge is -2.35. The van der Waals surface area contributed by atoms with Gasteiger partial charge in [0.1, 0.15) is 16.9 Å². The van der Waals surface area contributed by atoms with Crippen molar-refractivity contribution in [3.05, 3.63) is 63.3 Å². The van der Waals surface area contributed by atoms with Crippen LogP contribution in [0.15, 0.2) is 45.7 Å². The summed E-state index contributed by atoms with van der Waals surface area (Å²) in [6.45, 7) is 9.35. The number of aromatic nitrogens is 3. The van der Waals surface area contributed by atoms with Crippen LogP contribution in [0.25, 0.3) is 22.1 Å². The molecule has 1 amide bonds. The van der Waals surface area contributed by atoms with Gasteiger partial charge in [-0.25, -0.2) is 9.97 Å². The lowest BCUT2D eigenvalue weighted by atomic mass is 9.71. The van der Waals surface area contributed by atoms with E-state index in [4.69, 9.17) is 45.4 Å². The normalized spacial score (nSPS) is 14.9. The molecular weight excluding hydrogens is 614 g/mol. The maximum Gasteiger partial charge on any atom is 0.290 e. The molecule has 5 rings (SSSR count). The van der Waals surface area contributed by atoms with Gasteiger partial charge in [-0.05, 0) is 43.4 Å². The van der Waals surface area contributed by atoms with Crippen molar-refractivity contribution in [3.63, 3.8) is 0 Å². The molecule has 3 aromatic heterocycles. The minimum Gasteiger partial charge on any atom is -0.483 e. The standard InChI is InChI=1S/C32H40ClN5O5.CH2O2/c1-21(32(3,11-12-34-22(2)39)25-18-23(33)19-35-31(25)40)20-42-17-16-41-15-10-27-36-28-24-8-4-5-9-26(24)43-29(28)30(37-27)38-13-6-7-14-38;2-1-3/h4-5,8-9,18-19,21H,6-7,10-17,20H2,1-3H3,(H,34,39)(H,35,40);1H,(H,2,3). The molecule has 4 aromatic rings. The van der Waals surface area contributed by atoms with Gasteiger partial charge in [0.2, 0.25) is 5.91 Å². The number of carbonyl (C=O) groups is 2. The summed E-state index contributed by atoms with van der Waals surface area (Å²) in [4.78, 5) is 47.3. The highest BCUT2D eigenvalue weighted by Crippen LogP contribution is 2.35. The number of nitrogens with one attached hydrogen (secondary N) is 2. The van der Waals surface area contributed by atoms with Crippen molar-refractivity contribution in [1.29, 1.82) is 0 Å². The highest BCUT2D eigenvalue weighted by molar-refractivity contribution is 6.30. The van der Waals surface area contributed by atoms with Gasteiger partial charge in [0.25, 0.3) is 12.0 Å². The van der Waals surface area contributed by atoms with Crippen LogP contribution in [0.2, 0.25) is 5.02 Å². The van der Waals surface area contributed by atoms with Gasteiger partial charge in [0, 0.05) is 55.5 Å². The largest absolute Gasteiger partial charge is 0.483 e. The molecule has 2 atom stereocenters. The maximum absolute atomic E-state index is 12.7. The number of hydrogen-bond acceptors (Lipinski definition) is 9. The van der Waals surface area contributed by atoms with Gasteiger partial charge in [-0.2, -0.15) is 0 Å². The first-order chi connectivity index (χ1) is 22.2. The third-order valence-electron chi connectivity index (χ3n) is 8.45. The van der Waals surface area contributed by atoms with E-state index < -0.39 is 5.41 Å². The molecule has 0 saturated carbocycles. The summed E-state index contributed by atoms with van der Waals surface area (Å²) in [5, 5.41) is 11.2. The number of anilines is 1. The van der Waals surface area contributed by atoms with Crippen LogP contribution in [0.4, 0.5) is 5.82 Å². The van der Waals surface area contributed by atoms with E-state index >= 15 is 0 Å². The van der Waals surface area contributed by atoms with E-state index in [-0.39, 0.29) is 23.9 Å². The fraction of sp³-hybridized carbons (Fsp3) is 0.485. The summed E-state index contributed by atoms with van der Waals surface area (Å²) >= 11 is 6.22. The first kappa shape index (κ1) is 34.9. The van der Waals surface area contributed by atoms with Crippen LogP contribution in [0, 0.1) is 5.92 Å². The quantitative estimate of drug-likeness (QED) is 0.128. The van der Waals surface area contributed by atoms with Gasteiger partial charge >= 0.3 is 0 Å². The molecule has 1 fully saturated rings. The molecule has 2 unspecified atom stereocenters. The molecule has 3 N–H and O–H groups in total. The fourth-order valence-electron chi connectivity index (χ4n) is 5.73. The number of H-pyrrole nitrogens is 1. The molecule has 4 heterocycles. The SMILES string of the molecule is CC(=O)NCCC(C)(c1cc(Cl)c[nH]c1=O)C(C)COCCOCCc1nc(N2CCCC2)c2oc3ccccc3c2n1.O=CO. The highest BCUT2D eigenvalue weighted by Gasteiger charge is 2.35. The average Bonchev–Trinajstić information content (AvgIpc) is 3.70. The molecular formula is C33H42ClN5O7. The topological polar surface area (TPSA) is 160 Å². The smallest absolute Gasteiger partial charge is 0.290 e. The van der Waals surface area contributed by atoms with Gasteiger partial charge in [0.05, 0.1) is 31.5 Å². The number of halogens is 1. The number of pyridine rings is 1. The molecule has 0 spiro atoms. The molecule has 0 radical (unpaired) electrons. The molecule has 0 aliphatic carbocycles. The van der Waals surface area contributed by atoms with E-state index in [0.717, 1.165) is 59.6 Å². The van der Waals surface area contributed by atoms with Crippen LogP contribution in [0.3, 0.4) is 0 Å². The number of carboxylic acid groups (broad SMARTS) is 1. The van der Waals surface area contributed by atoms with E-state index in [1.807, 2.05) is 38.1 Å². The number of aromatic amines is 1. The zero-order valence-electron chi connectivity index (χ0n) is 26.5. The third-order valence-corrected chi connectivity index (χ3v) is 8.67. The Balaban J connectivity index is 0.00000154. The van der Waals surface area contributed by atoms with Crippen molar-refractivity contribution in [2.24, 2.45) is 5.92 Å². The number of furan rings is 1. The van der Waals surface area contributed by atoms with Crippen LogP contribution in [-0.4, -0.2) is 78.5 Å². The van der Waals surface area contributed by atoms with E-state index in [2.05, 4.69) is 15.2 Å². The molecule has 0 bridgehead atoms. The molecule has 248 valence electrons. The molecule has 1 aromatic carbocycles. The molecule has 1 saturated heterocycles. The Labute approximate surface area is 272 Å². The monoisotopic (exact) mass is 655 g/mol. The second kappa shape index (κ2) is 16.5. The maximum atomic E-state index is 12.7. The van der Waals surface area contributed by atoms with Crippen molar-refractivity contribution in [2.75, 3.05) is 51.0 Å². The van der Waals surface area contributed by atoms with Gasteiger partial charge in [-0.15, -0.1) is 0 Å². The average molecular weight is 656 g/mol. The molecule has 1 aliphatic heterocycles. The minimum atomic E-state index is -0.567. The highest BCUT2D eigenvalue weighted by atomic mass is 35.5. The first-order valence-corrected chi connectivity index (χ1v) is 15.8. The molecule has 13 heteroatoms. The Bertz CT molecular complexity index is 1670. The number of fused-ring (bicyclic) bond motifs is 3. The summed E-state index contributed by atoms with van der Waals surface area (Å²) in [5.41, 5.74) is 2.23. The van der Waals surface area contributed by atoms with Crippen molar-refractivity contribution in [1.82, 2.24) is 20.3 Å².